The fourth-order valence-corrected chi connectivity index (χ4v) is 3.81. The zero-order valence-corrected chi connectivity index (χ0v) is 16.3. The first-order valence-corrected chi connectivity index (χ1v) is 9.32. The molecule has 1 aliphatic carbocycles. The first-order valence-electron chi connectivity index (χ1n) is 8.92. The van der Waals surface area contributed by atoms with Gasteiger partial charge in [-0.25, -0.2) is 0 Å². The molecule has 28 heavy (non-hydrogen) atoms. The van der Waals surface area contributed by atoms with Gasteiger partial charge in [0.1, 0.15) is 0 Å². The van der Waals surface area contributed by atoms with E-state index in [9.17, 15) is 9.59 Å². The molecule has 0 saturated carbocycles. The quantitative estimate of drug-likeness (QED) is 0.481. The molecule has 4 rings (SSSR count). The second kappa shape index (κ2) is 7.02. The van der Waals surface area contributed by atoms with Crippen LogP contribution < -0.4 is 10.6 Å². The maximum atomic E-state index is 13.0. The molecule has 5 heteroatoms. The topological polar surface area (TPSA) is 58.2 Å². The van der Waals surface area contributed by atoms with Gasteiger partial charge in [-0.05, 0) is 55.4 Å². The molecule has 1 aliphatic rings. The van der Waals surface area contributed by atoms with E-state index in [1.54, 1.807) is 42.5 Å². The minimum Gasteiger partial charge on any atom is -0.332 e. The summed E-state index contributed by atoms with van der Waals surface area (Å²) in [5.41, 5.74) is 5.24. The molecule has 0 heterocycles. The fourth-order valence-electron chi connectivity index (χ4n) is 3.58. The summed E-state index contributed by atoms with van der Waals surface area (Å²) in [6.45, 7) is 4.04. The van der Waals surface area contributed by atoms with Crippen molar-refractivity contribution in [2.75, 3.05) is 10.6 Å². The van der Waals surface area contributed by atoms with Crippen LogP contribution in [0, 0.1) is 13.8 Å². The zero-order valence-electron chi connectivity index (χ0n) is 15.5. The number of hydrogen-bond donors (Lipinski definition) is 2. The lowest BCUT2D eigenvalue weighted by atomic mass is 9.83. The smallest absolute Gasteiger partial charge is 0.196 e. The van der Waals surface area contributed by atoms with Gasteiger partial charge in [0.25, 0.3) is 0 Å². The monoisotopic (exact) mass is 386 g/mol. The Kier molecular flexibility index (Phi) is 4.53. The van der Waals surface area contributed by atoms with E-state index in [0.717, 1.165) is 16.8 Å². The molecule has 138 valence electrons. The molecule has 3 aromatic rings. The summed E-state index contributed by atoms with van der Waals surface area (Å²) < 4.78 is 0. The molecule has 2 N–H and O–H groups in total. The predicted octanol–water partition coefficient (Wildman–Crippen LogP) is 4.89. The van der Waals surface area contributed by atoms with Crippen molar-refractivity contribution >= 4 is 40.3 Å². The van der Waals surface area contributed by atoms with Crippen LogP contribution in [-0.2, 0) is 0 Å². The number of fused-ring (bicyclic) bond motifs is 2. The van der Waals surface area contributed by atoms with Crippen LogP contribution in [0.2, 0.25) is 0 Å². The molecule has 0 amide bonds. The van der Waals surface area contributed by atoms with Crippen LogP contribution in [0.1, 0.15) is 43.0 Å². The molecule has 0 atom stereocenters. The Morgan fingerprint density at radius 2 is 1.36 bits per heavy atom. The lowest BCUT2D eigenvalue weighted by Gasteiger charge is -2.21. The van der Waals surface area contributed by atoms with Crippen LogP contribution in [0.3, 0.4) is 0 Å². The number of rotatable bonds is 2. The van der Waals surface area contributed by atoms with E-state index in [-0.39, 0.29) is 11.6 Å². The van der Waals surface area contributed by atoms with Gasteiger partial charge in [-0.3, -0.25) is 9.59 Å². The summed E-state index contributed by atoms with van der Waals surface area (Å²) in [5.74, 6) is -0.329. The molecule has 0 radical (unpaired) electrons. The number of carbonyl (C=O) groups excluding carboxylic acids is 2. The van der Waals surface area contributed by atoms with E-state index in [1.165, 1.54) is 0 Å². The van der Waals surface area contributed by atoms with Crippen LogP contribution in [0.15, 0.2) is 60.7 Å². The minimum atomic E-state index is -0.178. The number of aryl methyl sites for hydroxylation is 2. The van der Waals surface area contributed by atoms with Crippen molar-refractivity contribution in [1.29, 1.82) is 0 Å². The second-order valence-corrected chi connectivity index (χ2v) is 7.30. The van der Waals surface area contributed by atoms with Gasteiger partial charge in [-0.15, -0.1) is 0 Å². The molecule has 0 spiro atoms. The zero-order chi connectivity index (χ0) is 19.8. The summed E-state index contributed by atoms with van der Waals surface area (Å²) in [5, 5.41) is 6.59. The van der Waals surface area contributed by atoms with E-state index in [2.05, 4.69) is 16.7 Å². The Bertz CT molecular complexity index is 1130. The Labute approximate surface area is 168 Å². The van der Waals surface area contributed by atoms with Gasteiger partial charge in [0, 0.05) is 22.4 Å². The van der Waals surface area contributed by atoms with Crippen molar-refractivity contribution < 1.29 is 9.59 Å². The summed E-state index contributed by atoms with van der Waals surface area (Å²) in [6.07, 6.45) is 0. The summed E-state index contributed by atoms with van der Waals surface area (Å²) in [4.78, 5) is 25.9. The van der Waals surface area contributed by atoms with E-state index in [1.807, 2.05) is 26.0 Å². The van der Waals surface area contributed by atoms with Crippen molar-refractivity contribution in [2.24, 2.45) is 0 Å². The standard InChI is InChI=1S/C23H18N2O2S/c1-13-10-14(2)12-15(11-13)24-23(28)25-19-9-5-8-18-20(19)22(27)17-7-4-3-6-16(17)21(18)26/h3-12H,1-2H3,(H2,24,25,28). The number of carbonyl (C=O) groups is 2. The van der Waals surface area contributed by atoms with Gasteiger partial charge in [0.2, 0.25) is 0 Å². The highest BCUT2D eigenvalue weighted by atomic mass is 32.1. The molecular formula is C23H18N2O2S. The fraction of sp³-hybridized carbons (Fsp3) is 0.0870. The highest BCUT2D eigenvalue weighted by Crippen LogP contribution is 2.32. The van der Waals surface area contributed by atoms with Crippen LogP contribution in [0.4, 0.5) is 11.4 Å². The average Bonchev–Trinajstić information content (AvgIpc) is 2.65. The largest absolute Gasteiger partial charge is 0.332 e. The lowest BCUT2D eigenvalue weighted by molar-refractivity contribution is 0.0979. The normalized spacial score (nSPS) is 12.2. The molecular weight excluding hydrogens is 368 g/mol. The van der Waals surface area contributed by atoms with E-state index in [4.69, 9.17) is 12.2 Å². The van der Waals surface area contributed by atoms with Gasteiger partial charge < -0.3 is 10.6 Å². The van der Waals surface area contributed by atoms with Gasteiger partial charge in [-0.1, -0.05) is 42.5 Å². The van der Waals surface area contributed by atoms with Crippen molar-refractivity contribution in [3.63, 3.8) is 0 Å². The molecule has 0 aliphatic heterocycles. The number of benzene rings is 3. The second-order valence-electron chi connectivity index (χ2n) is 6.89. The number of anilines is 2. The molecule has 0 saturated heterocycles. The SMILES string of the molecule is Cc1cc(C)cc(NC(=S)Nc2cccc3c2C(=O)c2ccccc2C3=O)c1. The van der Waals surface area contributed by atoms with E-state index >= 15 is 0 Å². The molecule has 4 nitrogen and oxygen atoms in total. The van der Waals surface area contributed by atoms with Crippen molar-refractivity contribution in [1.82, 2.24) is 0 Å². The molecule has 0 bridgehead atoms. The summed E-state index contributed by atoms with van der Waals surface area (Å²) >= 11 is 5.44. The Morgan fingerprint density at radius 1 is 0.750 bits per heavy atom. The lowest BCUT2D eigenvalue weighted by Crippen LogP contribution is -2.25. The van der Waals surface area contributed by atoms with Crippen LogP contribution in [0.5, 0.6) is 0 Å². The number of thiocarbonyl (C=S) groups is 1. The van der Waals surface area contributed by atoms with E-state index < -0.39 is 0 Å². The molecule has 0 fully saturated rings. The first kappa shape index (κ1) is 18.1. The first-order chi connectivity index (χ1) is 13.4. The van der Waals surface area contributed by atoms with Gasteiger partial charge in [0.05, 0.1) is 11.3 Å². The Morgan fingerprint density at radius 3 is 2.04 bits per heavy atom. The van der Waals surface area contributed by atoms with Gasteiger partial charge in [-0.2, -0.15) is 0 Å². The van der Waals surface area contributed by atoms with Gasteiger partial charge >= 0.3 is 0 Å². The third kappa shape index (κ3) is 3.21. The van der Waals surface area contributed by atoms with Crippen LogP contribution in [0.25, 0.3) is 0 Å². The number of hydrogen-bond acceptors (Lipinski definition) is 3. The maximum absolute atomic E-state index is 13.0. The minimum absolute atomic E-state index is 0.151. The van der Waals surface area contributed by atoms with Crippen molar-refractivity contribution in [3.05, 3.63) is 94.0 Å². The highest BCUT2D eigenvalue weighted by molar-refractivity contribution is 7.80. The predicted molar refractivity (Wildman–Crippen MR) is 116 cm³/mol. The summed E-state index contributed by atoms with van der Waals surface area (Å²) in [7, 11) is 0. The third-order valence-electron chi connectivity index (χ3n) is 4.68. The average molecular weight is 386 g/mol. The van der Waals surface area contributed by atoms with E-state index in [0.29, 0.717) is 33.1 Å². The molecule has 0 unspecified atom stereocenters. The number of ketones is 2. The van der Waals surface area contributed by atoms with Gasteiger partial charge in [0.15, 0.2) is 16.7 Å². The third-order valence-corrected chi connectivity index (χ3v) is 4.88. The number of nitrogens with one attached hydrogen (secondary N) is 2. The highest BCUT2D eigenvalue weighted by Gasteiger charge is 2.31. The van der Waals surface area contributed by atoms with Crippen LogP contribution in [-0.4, -0.2) is 16.7 Å². The molecule has 0 aromatic heterocycles. The van der Waals surface area contributed by atoms with Crippen LogP contribution >= 0.6 is 12.2 Å². The summed E-state index contributed by atoms with van der Waals surface area (Å²) in [6, 6.07) is 18.1. The Hall–Kier alpha value is -3.31. The maximum Gasteiger partial charge on any atom is 0.196 e. The van der Waals surface area contributed by atoms with Crippen molar-refractivity contribution in [2.45, 2.75) is 13.8 Å². The van der Waals surface area contributed by atoms with Crippen molar-refractivity contribution in [3.8, 4) is 0 Å². The molecule has 3 aromatic carbocycles. The Balaban J connectivity index is 1.66.